The van der Waals surface area contributed by atoms with E-state index in [1.807, 2.05) is 0 Å². The van der Waals surface area contributed by atoms with Crippen molar-refractivity contribution in [3.8, 4) is 0 Å². The third kappa shape index (κ3) is 6.08. The van der Waals surface area contributed by atoms with Crippen LogP contribution in [0, 0.1) is 0 Å². The fourth-order valence-electron chi connectivity index (χ4n) is 1.94. The van der Waals surface area contributed by atoms with Crippen LogP contribution in [-0.2, 0) is 11.3 Å². The number of methoxy groups -OCH3 is 1. The van der Waals surface area contributed by atoms with E-state index in [1.54, 1.807) is 31.4 Å². The van der Waals surface area contributed by atoms with Crippen molar-refractivity contribution < 1.29 is 23.6 Å². The van der Waals surface area contributed by atoms with Gasteiger partial charge in [0.2, 0.25) is 5.89 Å². The molecular formula is C16H20N6O5. The molecule has 144 valence electrons. The second kappa shape index (κ2) is 9.87. The van der Waals surface area contributed by atoms with E-state index in [2.05, 4.69) is 31.4 Å². The number of hydrogen-bond acceptors (Lipinski definition) is 7. The van der Waals surface area contributed by atoms with Gasteiger partial charge >= 0.3 is 6.03 Å². The fourth-order valence-corrected chi connectivity index (χ4v) is 1.94. The Morgan fingerprint density at radius 1 is 1.11 bits per heavy atom. The molecule has 1 aromatic carbocycles. The minimum atomic E-state index is -0.507. The highest BCUT2D eigenvalue weighted by Gasteiger charge is 2.13. The van der Waals surface area contributed by atoms with Gasteiger partial charge in [-0.1, -0.05) is 5.16 Å². The number of hydrogen-bond donors (Lipinski definition) is 4. The number of ether oxygens (including phenoxy) is 1. The third-order valence-corrected chi connectivity index (χ3v) is 3.30. The molecule has 0 spiro atoms. The summed E-state index contributed by atoms with van der Waals surface area (Å²) in [6.07, 6.45) is 0. The summed E-state index contributed by atoms with van der Waals surface area (Å²) in [5.74, 6) is -0.743. The van der Waals surface area contributed by atoms with Gasteiger partial charge in [0.05, 0.1) is 13.2 Å². The number of carbonyl (C=O) groups is 3. The maximum Gasteiger partial charge on any atom is 0.319 e. The molecule has 0 aliphatic rings. The van der Waals surface area contributed by atoms with E-state index in [0.717, 1.165) is 0 Å². The standard InChI is InChI=1S/C16H20N6O5/c1-17-15(24)13-21-12(27-22-13)9-19-16(25)20-11-5-3-10(4-6-11)14(23)18-7-8-26-2/h3-6H,7-9H2,1-2H3,(H,17,24)(H,18,23)(H2,19,20,25). The molecule has 4 N–H and O–H groups in total. The molecule has 4 amide bonds. The average Bonchev–Trinajstić information content (AvgIpc) is 3.15. The molecule has 27 heavy (non-hydrogen) atoms. The minimum absolute atomic E-state index is 0.0458. The van der Waals surface area contributed by atoms with Crippen LogP contribution in [0.3, 0.4) is 0 Å². The van der Waals surface area contributed by atoms with Crippen molar-refractivity contribution in [1.82, 2.24) is 26.1 Å². The van der Waals surface area contributed by atoms with Crippen molar-refractivity contribution >= 4 is 23.5 Å². The molecule has 0 saturated heterocycles. The lowest BCUT2D eigenvalue weighted by molar-refractivity contribution is 0.0933. The number of amides is 4. The Morgan fingerprint density at radius 3 is 2.52 bits per heavy atom. The number of nitrogens with one attached hydrogen (secondary N) is 4. The van der Waals surface area contributed by atoms with Gasteiger partial charge < -0.3 is 30.5 Å². The van der Waals surface area contributed by atoms with Crippen LogP contribution in [0.15, 0.2) is 28.8 Å². The number of rotatable bonds is 8. The number of urea groups is 1. The summed E-state index contributed by atoms with van der Waals surface area (Å²) in [5.41, 5.74) is 0.960. The number of nitrogens with zero attached hydrogens (tertiary/aromatic N) is 2. The summed E-state index contributed by atoms with van der Waals surface area (Å²) in [7, 11) is 3.00. The van der Waals surface area contributed by atoms with E-state index < -0.39 is 11.9 Å². The molecule has 0 saturated carbocycles. The Hall–Kier alpha value is -3.47. The first kappa shape index (κ1) is 19.8. The van der Waals surface area contributed by atoms with Gasteiger partial charge in [-0.15, -0.1) is 0 Å². The molecule has 0 radical (unpaired) electrons. The maximum absolute atomic E-state index is 11.9. The van der Waals surface area contributed by atoms with Crippen molar-refractivity contribution in [2.45, 2.75) is 6.54 Å². The largest absolute Gasteiger partial charge is 0.383 e. The van der Waals surface area contributed by atoms with E-state index in [9.17, 15) is 14.4 Å². The maximum atomic E-state index is 11.9. The smallest absolute Gasteiger partial charge is 0.319 e. The molecule has 0 atom stereocenters. The molecule has 11 nitrogen and oxygen atoms in total. The molecule has 0 aliphatic carbocycles. The molecule has 0 aliphatic heterocycles. The van der Waals surface area contributed by atoms with Crippen LogP contribution in [0.5, 0.6) is 0 Å². The van der Waals surface area contributed by atoms with Crippen LogP contribution in [0.25, 0.3) is 0 Å². The van der Waals surface area contributed by atoms with Crippen molar-refractivity contribution in [3.05, 3.63) is 41.5 Å². The molecule has 2 aromatic rings. The number of benzene rings is 1. The first-order valence-electron chi connectivity index (χ1n) is 8.00. The lowest BCUT2D eigenvalue weighted by Gasteiger charge is -2.08. The van der Waals surface area contributed by atoms with Gasteiger partial charge in [0.25, 0.3) is 17.6 Å². The van der Waals surface area contributed by atoms with Gasteiger partial charge in [-0.25, -0.2) is 4.79 Å². The SMILES string of the molecule is CNC(=O)c1noc(CNC(=O)Nc2ccc(C(=O)NCCOC)cc2)n1. The Morgan fingerprint density at radius 2 is 1.85 bits per heavy atom. The van der Waals surface area contributed by atoms with Gasteiger partial charge in [0.15, 0.2) is 0 Å². The Bertz CT molecular complexity index is 789. The summed E-state index contributed by atoms with van der Waals surface area (Å²) in [6.45, 7) is 0.793. The zero-order valence-corrected chi connectivity index (χ0v) is 14.9. The van der Waals surface area contributed by atoms with Gasteiger partial charge in [-0.05, 0) is 24.3 Å². The zero-order chi connectivity index (χ0) is 19.6. The molecule has 11 heteroatoms. The zero-order valence-electron chi connectivity index (χ0n) is 14.9. The molecule has 2 rings (SSSR count). The van der Waals surface area contributed by atoms with E-state index in [0.29, 0.717) is 24.4 Å². The minimum Gasteiger partial charge on any atom is -0.383 e. The second-order valence-electron chi connectivity index (χ2n) is 5.22. The molecular weight excluding hydrogens is 356 g/mol. The predicted molar refractivity (Wildman–Crippen MR) is 94.2 cm³/mol. The molecule has 0 fully saturated rings. The molecule has 0 bridgehead atoms. The Balaban J connectivity index is 1.80. The Kier molecular flexibility index (Phi) is 7.26. The predicted octanol–water partition coefficient (Wildman–Crippen LogP) is 0.127. The van der Waals surface area contributed by atoms with Crippen LogP contribution >= 0.6 is 0 Å². The molecule has 1 heterocycles. The quantitative estimate of drug-likeness (QED) is 0.479. The highest BCUT2D eigenvalue weighted by Crippen LogP contribution is 2.09. The first-order valence-corrected chi connectivity index (χ1v) is 8.00. The normalized spacial score (nSPS) is 10.1. The highest BCUT2D eigenvalue weighted by molar-refractivity contribution is 5.95. The third-order valence-electron chi connectivity index (χ3n) is 3.30. The number of aromatic nitrogens is 2. The first-order chi connectivity index (χ1) is 13.0. The van der Waals surface area contributed by atoms with Gasteiger partial charge in [-0.3, -0.25) is 9.59 Å². The summed E-state index contributed by atoms with van der Waals surface area (Å²) < 4.78 is 9.71. The lowest BCUT2D eigenvalue weighted by Crippen LogP contribution is -2.28. The summed E-state index contributed by atoms with van der Waals surface area (Å²) in [4.78, 5) is 38.9. The van der Waals surface area contributed by atoms with Crippen molar-refractivity contribution in [3.63, 3.8) is 0 Å². The second-order valence-corrected chi connectivity index (χ2v) is 5.22. The molecule has 1 aromatic heterocycles. The Labute approximate surface area is 154 Å². The van der Waals surface area contributed by atoms with E-state index >= 15 is 0 Å². The van der Waals surface area contributed by atoms with Crippen LogP contribution in [-0.4, -0.2) is 55.3 Å². The van der Waals surface area contributed by atoms with Crippen LogP contribution in [0.4, 0.5) is 10.5 Å². The van der Waals surface area contributed by atoms with E-state index in [4.69, 9.17) is 9.26 Å². The summed E-state index contributed by atoms with van der Waals surface area (Å²) in [5, 5.41) is 13.7. The summed E-state index contributed by atoms with van der Waals surface area (Å²) >= 11 is 0. The fraction of sp³-hybridized carbons (Fsp3) is 0.312. The average molecular weight is 376 g/mol. The molecule has 0 unspecified atom stereocenters. The topological polar surface area (TPSA) is 147 Å². The van der Waals surface area contributed by atoms with E-state index in [1.165, 1.54) is 7.05 Å². The van der Waals surface area contributed by atoms with Crippen molar-refractivity contribution in [1.29, 1.82) is 0 Å². The van der Waals surface area contributed by atoms with Gasteiger partial charge in [0, 0.05) is 32.0 Å². The monoisotopic (exact) mass is 376 g/mol. The number of carbonyl (C=O) groups excluding carboxylic acids is 3. The lowest BCUT2D eigenvalue weighted by atomic mass is 10.2. The van der Waals surface area contributed by atoms with Crippen LogP contribution in [0.2, 0.25) is 0 Å². The van der Waals surface area contributed by atoms with Crippen LogP contribution < -0.4 is 21.3 Å². The van der Waals surface area contributed by atoms with Gasteiger partial charge in [-0.2, -0.15) is 4.98 Å². The van der Waals surface area contributed by atoms with E-state index in [-0.39, 0.29) is 24.2 Å². The van der Waals surface area contributed by atoms with Crippen molar-refractivity contribution in [2.24, 2.45) is 0 Å². The summed E-state index contributed by atoms with van der Waals surface area (Å²) in [6, 6.07) is 5.87. The van der Waals surface area contributed by atoms with Gasteiger partial charge in [0.1, 0.15) is 0 Å². The van der Waals surface area contributed by atoms with Crippen LogP contribution in [0.1, 0.15) is 26.9 Å². The van der Waals surface area contributed by atoms with Crippen molar-refractivity contribution in [2.75, 3.05) is 32.6 Å². The highest BCUT2D eigenvalue weighted by atomic mass is 16.5. The number of anilines is 1.